The average molecular weight is 335 g/mol. The number of nitrogens with zero attached hydrogens (tertiary/aromatic N) is 3. The molecule has 1 aromatic heterocycles. The second-order valence-corrected chi connectivity index (χ2v) is 6.28. The van der Waals surface area contributed by atoms with E-state index in [1.807, 2.05) is 58.0 Å². The summed E-state index contributed by atoms with van der Waals surface area (Å²) in [4.78, 5) is 12.6. The summed E-state index contributed by atoms with van der Waals surface area (Å²) in [6, 6.07) is 11.7. The molecule has 3 N–H and O–H groups in total. The molecule has 3 rings (SSSR count). The van der Waals surface area contributed by atoms with Crippen molar-refractivity contribution < 1.29 is 4.79 Å². The van der Waals surface area contributed by atoms with Gasteiger partial charge in [-0.15, -0.1) is 5.10 Å². The molecule has 0 spiro atoms. The maximum atomic E-state index is 12.6. The molecule has 25 heavy (non-hydrogen) atoms. The molecule has 0 fully saturated rings. The molecule has 0 aliphatic carbocycles. The highest BCUT2D eigenvalue weighted by Gasteiger charge is 2.19. The molecule has 1 heterocycles. The van der Waals surface area contributed by atoms with Crippen LogP contribution >= 0.6 is 0 Å². The largest absolute Gasteiger partial charge is 0.382 e. The number of aromatic nitrogens is 3. The number of nitrogens with one attached hydrogen (secondary N) is 1. The summed E-state index contributed by atoms with van der Waals surface area (Å²) in [6.07, 6.45) is 0. The van der Waals surface area contributed by atoms with E-state index in [0.29, 0.717) is 0 Å². The van der Waals surface area contributed by atoms with Crippen LogP contribution in [0, 0.1) is 27.7 Å². The number of nitrogen functional groups attached to an aromatic ring is 1. The Bertz CT molecular complexity index is 938. The minimum absolute atomic E-state index is 0.111. The van der Waals surface area contributed by atoms with Crippen molar-refractivity contribution in [3.8, 4) is 5.69 Å². The minimum Gasteiger partial charge on any atom is -0.382 e. The van der Waals surface area contributed by atoms with Crippen molar-refractivity contribution in [1.29, 1.82) is 0 Å². The first-order valence-electron chi connectivity index (χ1n) is 8.04. The first-order valence-corrected chi connectivity index (χ1v) is 8.04. The fourth-order valence-corrected chi connectivity index (χ4v) is 2.78. The Morgan fingerprint density at radius 2 is 1.76 bits per heavy atom. The second kappa shape index (κ2) is 6.39. The molecule has 3 aromatic rings. The number of carbonyl (C=O) groups excluding carboxylic acids is 1. The zero-order valence-electron chi connectivity index (χ0n) is 14.8. The van der Waals surface area contributed by atoms with Crippen molar-refractivity contribution >= 4 is 17.4 Å². The second-order valence-electron chi connectivity index (χ2n) is 6.28. The van der Waals surface area contributed by atoms with Crippen LogP contribution < -0.4 is 11.1 Å². The molecule has 0 aliphatic rings. The van der Waals surface area contributed by atoms with Crippen molar-refractivity contribution in [3.05, 3.63) is 64.3 Å². The van der Waals surface area contributed by atoms with Gasteiger partial charge in [0.25, 0.3) is 5.91 Å². The van der Waals surface area contributed by atoms with E-state index in [1.54, 1.807) is 0 Å². The van der Waals surface area contributed by atoms with Gasteiger partial charge in [-0.1, -0.05) is 23.4 Å². The van der Waals surface area contributed by atoms with Crippen LogP contribution in [0.15, 0.2) is 36.4 Å². The monoisotopic (exact) mass is 335 g/mol. The Kier molecular flexibility index (Phi) is 4.27. The minimum atomic E-state index is -0.373. The maximum absolute atomic E-state index is 12.6. The number of benzene rings is 2. The molecule has 1 amide bonds. The molecule has 0 bridgehead atoms. The smallest absolute Gasteiger partial charge is 0.280 e. The molecular weight excluding hydrogens is 314 g/mol. The average Bonchev–Trinajstić information content (AvgIpc) is 2.92. The summed E-state index contributed by atoms with van der Waals surface area (Å²) >= 11 is 0. The number of amides is 1. The molecule has 0 unspecified atom stereocenters. The molecular formula is C19H21N5O. The van der Waals surface area contributed by atoms with Crippen molar-refractivity contribution in [2.45, 2.75) is 27.7 Å². The third kappa shape index (κ3) is 3.24. The molecule has 2 aromatic carbocycles. The third-order valence-corrected chi connectivity index (χ3v) is 4.22. The summed E-state index contributed by atoms with van der Waals surface area (Å²) in [5.74, 6) is -0.158. The normalized spacial score (nSPS) is 10.7. The fraction of sp³-hybridized carbons (Fsp3) is 0.211. The molecule has 0 saturated heterocycles. The van der Waals surface area contributed by atoms with Gasteiger partial charge in [-0.05, 0) is 68.1 Å². The van der Waals surface area contributed by atoms with Crippen molar-refractivity contribution in [1.82, 2.24) is 15.0 Å². The van der Waals surface area contributed by atoms with Crippen molar-refractivity contribution in [2.75, 3.05) is 11.1 Å². The van der Waals surface area contributed by atoms with Gasteiger partial charge in [0.2, 0.25) is 0 Å². The summed E-state index contributed by atoms with van der Waals surface area (Å²) in [7, 11) is 0. The first-order chi connectivity index (χ1) is 11.9. The Labute approximate surface area is 146 Å². The Morgan fingerprint density at radius 3 is 2.44 bits per heavy atom. The molecule has 0 atom stereocenters. The Hall–Kier alpha value is -3.15. The molecule has 128 valence electrons. The van der Waals surface area contributed by atoms with Crippen LogP contribution in [-0.4, -0.2) is 20.9 Å². The maximum Gasteiger partial charge on any atom is 0.280 e. The SMILES string of the molecule is Cc1cc(C)cc(-n2nnc(C(=O)Nc3cccc(C)c3C)c2N)c1. The van der Waals surface area contributed by atoms with E-state index in [1.165, 1.54) is 4.68 Å². The van der Waals surface area contributed by atoms with Crippen molar-refractivity contribution in [3.63, 3.8) is 0 Å². The number of rotatable bonds is 3. The molecule has 0 aliphatic heterocycles. The van der Waals surface area contributed by atoms with Crippen LogP contribution in [0.4, 0.5) is 11.5 Å². The standard InChI is InChI=1S/C19H21N5O/c1-11-8-12(2)10-15(9-11)24-18(20)17(22-23-24)19(25)21-16-7-5-6-13(3)14(16)4/h5-10H,20H2,1-4H3,(H,21,25). The van der Waals surface area contributed by atoms with E-state index in [0.717, 1.165) is 33.6 Å². The number of hydrogen-bond acceptors (Lipinski definition) is 4. The topological polar surface area (TPSA) is 85.8 Å². The van der Waals surface area contributed by atoms with Gasteiger partial charge in [0, 0.05) is 5.69 Å². The quantitative estimate of drug-likeness (QED) is 0.768. The van der Waals surface area contributed by atoms with Crippen LogP contribution in [0.3, 0.4) is 0 Å². The lowest BCUT2D eigenvalue weighted by atomic mass is 10.1. The molecule has 0 radical (unpaired) electrons. The van der Waals surface area contributed by atoms with E-state index in [-0.39, 0.29) is 17.4 Å². The first kappa shape index (κ1) is 16.7. The van der Waals surface area contributed by atoms with E-state index in [4.69, 9.17) is 5.73 Å². The predicted octanol–water partition coefficient (Wildman–Crippen LogP) is 3.34. The van der Waals surface area contributed by atoms with E-state index in [9.17, 15) is 4.79 Å². The highest BCUT2D eigenvalue weighted by Crippen LogP contribution is 2.21. The molecule has 6 heteroatoms. The van der Waals surface area contributed by atoms with Crippen LogP contribution in [0.25, 0.3) is 5.69 Å². The third-order valence-electron chi connectivity index (χ3n) is 4.22. The van der Waals surface area contributed by atoms with Gasteiger partial charge in [0.05, 0.1) is 5.69 Å². The number of carbonyl (C=O) groups is 1. The number of anilines is 2. The van der Waals surface area contributed by atoms with Crippen LogP contribution in [0.2, 0.25) is 0 Å². The number of nitrogens with two attached hydrogens (primary N) is 1. The Morgan fingerprint density at radius 1 is 1.08 bits per heavy atom. The predicted molar refractivity (Wildman–Crippen MR) is 99.1 cm³/mol. The van der Waals surface area contributed by atoms with Gasteiger partial charge >= 0.3 is 0 Å². The lowest BCUT2D eigenvalue weighted by Crippen LogP contribution is -2.16. The molecule has 0 saturated carbocycles. The van der Waals surface area contributed by atoms with Gasteiger partial charge in [0.15, 0.2) is 11.5 Å². The van der Waals surface area contributed by atoms with Gasteiger partial charge in [-0.3, -0.25) is 4.79 Å². The highest BCUT2D eigenvalue weighted by molar-refractivity contribution is 6.06. The zero-order valence-corrected chi connectivity index (χ0v) is 14.8. The van der Waals surface area contributed by atoms with Gasteiger partial charge in [-0.25, -0.2) is 0 Å². The Balaban J connectivity index is 1.93. The van der Waals surface area contributed by atoms with E-state index >= 15 is 0 Å². The lowest BCUT2D eigenvalue weighted by molar-refractivity contribution is 0.102. The summed E-state index contributed by atoms with van der Waals surface area (Å²) in [6.45, 7) is 7.95. The fourth-order valence-electron chi connectivity index (χ4n) is 2.78. The van der Waals surface area contributed by atoms with E-state index < -0.39 is 0 Å². The van der Waals surface area contributed by atoms with E-state index in [2.05, 4.69) is 21.7 Å². The lowest BCUT2D eigenvalue weighted by Gasteiger charge is -2.09. The van der Waals surface area contributed by atoms with Crippen LogP contribution in [0.5, 0.6) is 0 Å². The van der Waals surface area contributed by atoms with Gasteiger partial charge in [0.1, 0.15) is 0 Å². The molecule has 6 nitrogen and oxygen atoms in total. The van der Waals surface area contributed by atoms with Crippen LogP contribution in [-0.2, 0) is 0 Å². The van der Waals surface area contributed by atoms with Gasteiger partial charge in [-0.2, -0.15) is 4.68 Å². The summed E-state index contributed by atoms with van der Waals surface area (Å²) in [5.41, 5.74) is 12.1. The van der Waals surface area contributed by atoms with Crippen molar-refractivity contribution in [2.24, 2.45) is 0 Å². The summed E-state index contributed by atoms with van der Waals surface area (Å²) < 4.78 is 1.48. The van der Waals surface area contributed by atoms with Crippen LogP contribution in [0.1, 0.15) is 32.7 Å². The number of aryl methyl sites for hydroxylation is 3. The number of hydrogen-bond donors (Lipinski definition) is 2. The zero-order chi connectivity index (χ0) is 18.1. The van der Waals surface area contributed by atoms with Gasteiger partial charge < -0.3 is 11.1 Å². The highest BCUT2D eigenvalue weighted by atomic mass is 16.2. The summed E-state index contributed by atoms with van der Waals surface area (Å²) in [5, 5.41) is 10.9.